The third kappa shape index (κ3) is 3.90. The molecule has 0 unspecified atom stereocenters. The van der Waals surface area contributed by atoms with Crippen LogP contribution in [0, 0.1) is 0 Å². The van der Waals surface area contributed by atoms with Crippen molar-refractivity contribution in [2.75, 3.05) is 5.73 Å². The van der Waals surface area contributed by atoms with Crippen LogP contribution >= 0.6 is 0 Å². The zero-order valence-corrected chi connectivity index (χ0v) is 12.9. The minimum atomic E-state index is -0.571. The van der Waals surface area contributed by atoms with Gasteiger partial charge < -0.3 is 15.8 Å². The smallest absolute Gasteiger partial charge is 0.408 e. The van der Waals surface area contributed by atoms with Crippen molar-refractivity contribution in [3.63, 3.8) is 0 Å². The van der Waals surface area contributed by atoms with Crippen LogP contribution in [0.5, 0.6) is 0 Å². The van der Waals surface area contributed by atoms with Crippen molar-refractivity contribution < 1.29 is 9.53 Å². The molecule has 9 heteroatoms. The fourth-order valence-electron chi connectivity index (χ4n) is 1.75. The molecule has 0 aromatic carbocycles. The van der Waals surface area contributed by atoms with Gasteiger partial charge in [0.25, 0.3) is 0 Å². The Balaban J connectivity index is 2.17. The highest BCUT2D eigenvalue weighted by molar-refractivity contribution is 5.68. The van der Waals surface area contributed by atoms with Crippen LogP contribution in [0.2, 0.25) is 0 Å². The summed E-state index contributed by atoms with van der Waals surface area (Å²) in [6.07, 6.45) is 2.18. The fraction of sp³-hybridized carbons (Fsp3) is 0.462. The maximum atomic E-state index is 11.8. The van der Waals surface area contributed by atoms with Gasteiger partial charge in [0.15, 0.2) is 11.6 Å². The highest BCUT2D eigenvalue weighted by Crippen LogP contribution is 2.15. The van der Waals surface area contributed by atoms with E-state index in [-0.39, 0.29) is 0 Å². The highest BCUT2D eigenvalue weighted by Gasteiger charge is 2.21. The molecule has 0 bridgehead atoms. The number of carbonyl (C=O) groups excluding carboxylic acids is 1. The summed E-state index contributed by atoms with van der Waals surface area (Å²) in [4.78, 5) is 23.9. The maximum absolute atomic E-state index is 11.8. The Hall–Kier alpha value is -2.71. The average molecular weight is 305 g/mol. The van der Waals surface area contributed by atoms with E-state index >= 15 is 0 Å². The molecule has 2 aromatic heterocycles. The molecule has 1 atom stereocenters. The molecule has 0 aliphatic heterocycles. The van der Waals surface area contributed by atoms with Gasteiger partial charge >= 0.3 is 6.09 Å². The Labute approximate surface area is 127 Å². The summed E-state index contributed by atoms with van der Waals surface area (Å²) in [5.41, 5.74) is 5.07. The van der Waals surface area contributed by atoms with Gasteiger partial charge in [-0.15, -0.1) is 0 Å². The first-order valence-corrected chi connectivity index (χ1v) is 6.73. The van der Waals surface area contributed by atoms with Gasteiger partial charge in [-0.3, -0.25) is 0 Å². The predicted molar refractivity (Wildman–Crippen MR) is 79.1 cm³/mol. The summed E-state index contributed by atoms with van der Waals surface area (Å²) >= 11 is 0. The van der Waals surface area contributed by atoms with E-state index in [2.05, 4.69) is 25.4 Å². The lowest BCUT2D eigenvalue weighted by molar-refractivity contribution is 0.0505. The Morgan fingerprint density at radius 1 is 1.32 bits per heavy atom. The van der Waals surface area contributed by atoms with E-state index in [9.17, 15) is 4.79 Å². The second kappa shape index (κ2) is 5.96. The van der Waals surface area contributed by atoms with Crippen molar-refractivity contribution in [1.29, 1.82) is 0 Å². The number of aromatic nitrogens is 5. The Morgan fingerprint density at radius 2 is 2.05 bits per heavy atom. The summed E-state index contributed by atoms with van der Waals surface area (Å²) in [5.74, 6) is 1.29. The summed E-state index contributed by atoms with van der Waals surface area (Å²) in [6.45, 7) is 7.16. The fourth-order valence-corrected chi connectivity index (χ4v) is 1.75. The van der Waals surface area contributed by atoms with Gasteiger partial charge in [-0.1, -0.05) is 0 Å². The van der Waals surface area contributed by atoms with Gasteiger partial charge in [-0.25, -0.2) is 19.7 Å². The summed E-state index contributed by atoms with van der Waals surface area (Å²) in [7, 11) is 0. The maximum Gasteiger partial charge on any atom is 0.408 e. The largest absolute Gasteiger partial charge is 0.444 e. The van der Waals surface area contributed by atoms with Crippen molar-refractivity contribution in [3.8, 4) is 5.82 Å². The third-order valence-electron chi connectivity index (χ3n) is 2.59. The monoisotopic (exact) mass is 305 g/mol. The number of nitrogens with one attached hydrogen (secondary N) is 1. The minimum Gasteiger partial charge on any atom is -0.444 e. The third-order valence-corrected chi connectivity index (χ3v) is 2.59. The van der Waals surface area contributed by atoms with Crippen LogP contribution in [0.4, 0.5) is 10.6 Å². The number of nitrogen functional groups attached to an aromatic ring is 1. The molecule has 0 saturated carbocycles. The second-order valence-electron chi connectivity index (χ2n) is 5.70. The minimum absolute atomic E-state index is 0.319. The van der Waals surface area contributed by atoms with E-state index in [1.165, 1.54) is 17.3 Å². The Bertz CT molecular complexity index is 662. The van der Waals surface area contributed by atoms with Gasteiger partial charge in [0.1, 0.15) is 24.1 Å². The molecule has 22 heavy (non-hydrogen) atoms. The van der Waals surface area contributed by atoms with E-state index < -0.39 is 17.7 Å². The molecule has 0 spiro atoms. The average Bonchev–Trinajstić information content (AvgIpc) is 2.85. The van der Waals surface area contributed by atoms with Crippen LogP contribution in [0.25, 0.3) is 5.82 Å². The number of anilines is 1. The molecule has 9 nitrogen and oxygen atoms in total. The van der Waals surface area contributed by atoms with Gasteiger partial charge in [0.05, 0.1) is 6.04 Å². The van der Waals surface area contributed by atoms with E-state index in [0.29, 0.717) is 17.5 Å². The van der Waals surface area contributed by atoms with Crippen molar-refractivity contribution in [2.45, 2.75) is 39.3 Å². The standard InChI is InChI=1S/C13H19N7O2/c1-8(19-12(21)22-13(2,3)4)11-17-7-18-20(11)10-5-9(14)15-6-16-10/h5-8H,1-4H3,(H,19,21)(H2,14,15,16)/t8-/m0/s1. The first-order chi connectivity index (χ1) is 10.3. The van der Waals surface area contributed by atoms with Crippen molar-refractivity contribution in [2.24, 2.45) is 0 Å². The number of nitrogens with two attached hydrogens (primary N) is 1. The highest BCUT2D eigenvalue weighted by atomic mass is 16.6. The van der Waals surface area contributed by atoms with Crippen LogP contribution in [-0.2, 0) is 4.74 Å². The predicted octanol–water partition coefficient (Wildman–Crippen LogP) is 1.23. The van der Waals surface area contributed by atoms with E-state index in [4.69, 9.17) is 10.5 Å². The lowest BCUT2D eigenvalue weighted by Crippen LogP contribution is -2.35. The lowest BCUT2D eigenvalue weighted by Gasteiger charge is -2.21. The van der Waals surface area contributed by atoms with Gasteiger partial charge in [0.2, 0.25) is 0 Å². The summed E-state index contributed by atoms with van der Waals surface area (Å²) in [5, 5.41) is 6.80. The van der Waals surface area contributed by atoms with Crippen LogP contribution in [0.1, 0.15) is 39.6 Å². The molecule has 2 aromatic rings. The lowest BCUT2D eigenvalue weighted by atomic mass is 10.2. The Kier molecular flexibility index (Phi) is 4.25. The molecular formula is C13H19N7O2. The zero-order chi connectivity index (χ0) is 16.3. The van der Waals surface area contributed by atoms with Gasteiger partial charge in [-0.05, 0) is 27.7 Å². The molecule has 0 saturated heterocycles. The normalized spacial score (nSPS) is 12.7. The summed E-state index contributed by atoms with van der Waals surface area (Å²) in [6, 6.07) is 1.15. The van der Waals surface area contributed by atoms with Crippen LogP contribution < -0.4 is 11.1 Å². The number of hydrogen-bond donors (Lipinski definition) is 2. The molecule has 1 amide bonds. The molecule has 2 rings (SSSR count). The van der Waals surface area contributed by atoms with E-state index in [1.807, 2.05) is 0 Å². The first kappa shape index (κ1) is 15.7. The number of nitrogens with zero attached hydrogens (tertiary/aromatic N) is 5. The molecule has 118 valence electrons. The SMILES string of the molecule is C[C@H](NC(=O)OC(C)(C)C)c1ncnn1-c1cc(N)ncn1. The van der Waals surface area contributed by atoms with E-state index in [0.717, 1.165) is 0 Å². The topological polar surface area (TPSA) is 121 Å². The molecule has 0 aliphatic rings. The Morgan fingerprint density at radius 3 is 2.68 bits per heavy atom. The molecular weight excluding hydrogens is 286 g/mol. The number of rotatable bonds is 3. The molecule has 2 heterocycles. The zero-order valence-electron chi connectivity index (χ0n) is 12.9. The van der Waals surface area contributed by atoms with Gasteiger partial charge in [-0.2, -0.15) is 9.78 Å². The van der Waals surface area contributed by atoms with Crippen LogP contribution in [-0.4, -0.2) is 36.4 Å². The quantitative estimate of drug-likeness (QED) is 0.874. The van der Waals surface area contributed by atoms with Crippen molar-refractivity contribution in [3.05, 3.63) is 24.5 Å². The van der Waals surface area contributed by atoms with Gasteiger partial charge in [0, 0.05) is 6.07 Å². The number of carbonyl (C=O) groups is 1. The molecule has 0 fully saturated rings. The van der Waals surface area contributed by atoms with Crippen molar-refractivity contribution in [1.82, 2.24) is 30.0 Å². The van der Waals surface area contributed by atoms with E-state index in [1.54, 1.807) is 33.8 Å². The number of alkyl carbamates (subject to hydrolysis) is 1. The van der Waals surface area contributed by atoms with Crippen molar-refractivity contribution >= 4 is 11.9 Å². The van der Waals surface area contributed by atoms with Crippen LogP contribution in [0.15, 0.2) is 18.7 Å². The number of ether oxygens (including phenoxy) is 1. The first-order valence-electron chi connectivity index (χ1n) is 6.73. The molecule has 0 aliphatic carbocycles. The summed E-state index contributed by atoms with van der Waals surface area (Å²) < 4.78 is 6.70. The molecule has 0 radical (unpaired) electrons. The number of amides is 1. The molecule has 3 N–H and O–H groups in total. The van der Waals surface area contributed by atoms with Crippen LogP contribution in [0.3, 0.4) is 0 Å². The second-order valence-corrected chi connectivity index (χ2v) is 5.70. The number of hydrogen-bond acceptors (Lipinski definition) is 7.